The average molecular weight is 172 g/mol. The number of aliphatic hydroxyl groups excluding tert-OH is 1. The van der Waals surface area contributed by atoms with Crippen LogP contribution < -0.4 is 0 Å². The van der Waals surface area contributed by atoms with Gasteiger partial charge in [-0.1, -0.05) is 6.42 Å². The molecule has 0 amide bonds. The summed E-state index contributed by atoms with van der Waals surface area (Å²) in [5.74, 6) is 1.93. The molecule has 11 heavy (non-hydrogen) atoms. The molecule has 2 rings (SSSR count). The van der Waals surface area contributed by atoms with E-state index in [4.69, 9.17) is 0 Å². The Kier molecular flexibility index (Phi) is 2.42. The molecule has 1 aliphatic carbocycles. The van der Waals surface area contributed by atoms with Gasteiger partial charge < -0.3 is 5.11 Å². The Balaban J connectivity index is 1.82. The van der Waals surface area contributed by atoms with E-state index in [1.54, 1.807) is 0 Å². The van der Waals surface area contributed by atoms with Crippen LogP contribution in [-0.4, -0.2) is 22.2 Å². The fraction of sp³-hybridized carbons (Fsp3) is 1.00. The molecular formula is C9H16OS. The van der Waals surface area contributed by atoms with Gasteiger partial charge in [0.15, 0.2) is 0 Å². The summed E-state index contributed by atoms with van der Waals surface area (Å²) in [6.45, 7) is 0. The minimum Gasteiger partial charge on any atom is -0.392 e. The molecule has 0 aromatic rings. The predicted octanol–water partition coefficient (Wildman–Crippen LogP) is 2.04. The summed E-state index contributed by atoms with van der Waals surface area (Å²) in [7, 11) is 0. The second-order valence-electron chi connectivity index (χ2n) is 3.73. The van der Waals surface area contributed by atoms with Crippen LogP contribution in [0.15, 0.2) is 0 Å². The molecule has 1 nitrogen and oxygen atoms in total. The molecule has 1 heterocycles. The van der Waals surface area contributed by atoms with Gasteiger partial charge in [-0.05, 0) is 37.4 Å². The average Bonchev–Trinajstić information content (AvgIpc) is 2.32. The van der Waals surface area contributed by atoms with Crippen LogP contribution in [0.4, 0.5) is 0 Å². The van der Waals surface area contributed by atoms with Gasteiger partial charge in [0.1, 0.15) is 0 Å². The van der Waals surface area contributed by atoms with E-state index in [-0.39, 0.29) is 6.10 Å². The molecular weight excluding hydrogens is 156 g/mol. The molecule has 0 bridgehead atoms. The van der Waals surface area contributed by atoms with Crippen molar-refractivity contribution in [3.8, 4) is 0 Å². The quantitative estimate of drug-likeness (QED) is 0.688. The number of hydrogen-bond acceptors (Lipinski definition) is 2. The second-order valence-corrected chi connectivity index (χ2v) is 5.08. The van der Waals surface area contributed by atoms with Crippen LogP contribution in [0.1, 0.15) is 32.1 Å². The fourth-order valence-corrected chi connectivity index (χ4v) is 3.35. The van der Waals surface area contributed by atoms with E-state index in [1.165, 1.54) is 37.9 Å². The fourth-order valence-electron chi connectivity index (χ4n) is 1.96. The van der Waals surface area contributed by atoms with Crippen molar-refractivity contribution < 1.29 is 5.11 Å². The van der Waals surface area contributed by atoms with Crippen molar-refractivity contribution in [2.24, 2.45) is 5.92 Å². The van der Waals surface area contributed by atoms with E-state index >= 15 is 0 Å². The van der Waals surface area contributed by atoms with Crippen molar-refractivity contribution in [1.29, 1.82) is 0 Å². The van der Waals surface area contributed by atoms with Gasteiger partial charge in [0.05, 0.1) is 6.10 Å². The summed E-state index contributed by atoms with van der Waals surface area (Å²) in [5.41, 5.74) is 0. The lowest BCUT2D eigenvalue weighted by Crippen LogP contribution is -2.34. The summed E-state index contributed by atoms with van der Waals surface area (Å²) in [6, 6.07) is 0. The van der Waals surface area contributed by atoms with E-state index in [1.807, 2.05) is 11.8 Å². The highest BCUT2D eigenvalue weighted by Gasteiger charge is 2.33. The third-order valence-corrected chi connectivity index (χ3v) is 4.45. The number of aliphatic hydroxyl groups is 1. The lowest BCUT2D eigenvalue weighted by Gasteiger charge is -2.33. The Hall–Kier alpha value is 0.310. The third-order valence-electron chi connectivity index (χ3n) is 2.98. The first kappa shape index (κ1) is 7.93. The van der Waals surface area contributed by atoms with E-state index in [0.717, 1.165) is 0 Å². The lowest BCUT2D eigenvalue weighted by atomic mass is 9.79. The van der Waals surface area contributed by atoms with Gasteiger partial charge in [0.2, 0.25) is 0 Å². The third kappa shape index (κ3) is 1.57. The molecule has 64 valence electrons. The number of thioether (sulfide) groups is 1. The second kappa shape index (κ2) is 3.36. The van der Waals surface area contributed by atoms with E-state index < -0.39 is 0 Å². The molecule has 2 atom stereocenters. The maximum Gasteiger partial charge on any atom is 0.0686 e. The molecule has 2 unspecified atom stereocenters. The van der Waals surface area contributed by atoms with Gasteiger partial charge in [0.25, 0.3) is 0 Å². The zero-order chi connectivity index (χ0) is 7.68. The minimum atomic E-state index is 0.0243. The van der Waals surface area contributed by atoms with E-state index in [0.29, 0.717) is 11.2 Å². The highest BCUT2D eigenvalue weighted by atomic mass is 32.2. The Labute approximate surface area is 72.6 Å². The monoisotopic (exact) mass is 172 g/mol. The first-order valence-electron chi connectivity index (χ1n) is 4.67. The van der Waals surface area contributed by atoms with Crippen LogP contribution in [0.25, 0.3) is 0 Å². The van der Waals surface area contributed by atoms with Crippen LogP contribution in [0.3, 0.4) is 0 Å². The highest BCUT2D eigenvalue weighted by molar-refractivity contribution is 8.00. The maximum absolute atomic E-state index is 9.85. The molecule has 1 saturated carbocycles. The van der Waals surface area contributed by atoms with Gasteiger partial charge in [-0.25, -0.2) is 0 Å². The molecule has 1 N–H and O–H groups in total. The smallest absolute Gasteiger partial charge is 0.0686 e. The highest BCUT2D eigenvalue weighted by Crippen LogP contribution is 2.38. The number of rotatable bonds is 2. The molecule has 1 saturated heterocycles. The van der Waals surface area contributed by atoms with Crippen molar-refractivity contribution in [3.63, 3.8) is 0 Å². The van der Waals surface area contributed by atoms with Gasteiger partial charge in [-0.2, -0.15) is 11.8 Å². The minimum absolute atomic E-state index is 0.0243. The molecule has 0 radical (unpaired) electrons. The summed E-state index contributed by atoms with van der Waals surface area (Å²) < 4.78 is 0. The zero-order valence-corrected chi connectivity index (χ0v) is 7.65. The summed E-state index contributed by atoms with van der Waals surface area (Å²) in [6.07, 6.45) is 6.49. The van der Waals surface area contributed by atoms with E-state index in [9.17, 15) is 5.11 Å². The van der Waals surface area contributed by atoms with Gasteiger partial charge in [-0.3, -0.25) is 0 Å². The van der Waals surface area contributed by atoms with Crippen molar-refractivity contribution in [1.82, 2.24) is 0 Å². The first-order chi connectivity index (χ1) is 5.38. The van der Waals surface area contributed by atoms with Gasteiger partial charge >= 0.3 is 0 Å². The molecule has 2 heteroatoms. The summed E-state index contributed by atoms with van der Waals surface area (Å²) in [4.78, 5) is 0. The Morgan fingerprint density at radius 2 is 2.00 bits per heavy atom. The molecule has 0 spiro atoms. The van der Waals surface area contributed by atoms with Crippen molar-refractivity contribution in [2.75, 3.05) is 5.75 Å². The Morgan fingerprint density at radius 1 is 1.18 bits per heavy atom. The predicted molar refractivity (Wildman–Crippen MR) is 48.8 cm³/mol. The van der Waals surface area contributed by atoms with Gasteiger partial charge in [0, 0.05) is 5.25 Å². The first-order valence-corrected chi connectivity index (χ1v) is 5.72. The normalized spacial score (nSPS) is 35.2. The largest absolute Gasteiger partial charge is 0.392 e. The van der Waals surface area contributed by atoms with Crippen LogP contribution >= 0.6 is 11.8 Å². The van der Waals surface area contributed by atoms with Crippen LogP contribution in [0, 0.1) is 5.92 Å². The van der Waals surface area contributed by atoms with Crippen molar-refractivity contribution in [2.45, 2.75) is 43.5 Å². The molecule has 2 aliphatic rings. The SMILES string of the molecule is OC(C1CCC1)C1CCCS1. The molecule has 0 aromatic carbocycles. The van der Waals surface area contributed by atoms with E-state index in [2.05, 4.69) is 0 Å². The Morgan fingerprint density at radius 3 is 2.45 bits per heavy atom. The molecule has 2 fully saturated rings. The molecule has 1 aliphatic heterocycles. The van der Waals surface area contributed by atoms with Crippen LogP contribution in [-0.2, 0) is 0 Å². The lowest BCUT2D eigenvalue weighted by molar-refractivity contribution is 0.0603. The summed E-state index contributed by atoms with van der Waals surface area (Å²) >= 11 is 1.98. The maximum atomic E-state index is 9.85. The van der Waals surface area contributed by atoms with Crippen LogP contribution in [0.5, 0.6) is 0 Å². The van der Waals surface area contributed by atoms with Crippen LogP contribution in [0.2, 0.25) is 0 Å². The number of hydrogen-bond donors (Lipinski definition) is 1. The van der Waals surface area contributed by atoms with Gasteiger partial charge in [-0.15, -0.1) is 0 Å². The Bertz CT molecular complexity index is 128. The standard InChI is InChI=1S/C9H16OS/c10-9(7-3-1-4-7)8-5-2-6-11-8/h7-10H,1-6H2. The van der Waals surface area contributed by atoms with Crippen molar-refractivity contribution in [3.05, 3.63) is 0 Å². The topological polar surface area (TPSA) is 20.2 Å². The zero-order valence-electron chi connectivity index (χ0n) is 6.83. The van der Waals surface area contributed by atoms with Crippen molar-refractivity contribution >= 4 is 11.8 Å². The molecule has 0 aromatic heterocycles. The summed E-state index contributed by atoms with van der Waals surface area (Å²) in [5, 5.41) is 10.4.